The van der Waals surface area contributed by atoms with Gasteiger partial charge in [0.1, 0.15) is 16.3 Å². The third-order valence-electron chi connectivity index (χ3n) is 3.55. The molecule has 0 atom stereocenters. The quantitative estimate of drug-likeness (QED) is 0.748. The third-order valence-corrected chi connectivity index (χ3v) is 4.69. The summed E-state index contributed by atoms with van der Waals surface area (Å²) in [6, 6.07) is 12.7. The predicted octanol–water partition coefficient (Wildman–Crippen LogP) is 4.43. The second kappa shape index (κ2) is 6.98. The highest BCUT2D eigenvalue weighted by Gasteiger charge is 2.19. The SMILES string of the molecule is COc1cccc(-c2nnsc2C(=O)Nc2cccc(Cl)c2C)c1. The first-order valence-electron chi connectivity index (χ1n) is 7.13. The molecule has 0 saturated carbocycles. The molecule has 1 heterocycles. The highest BCUT2D eigenvalue weighted by molar-refractivity contribution is 7.08. The molecular formula is C17H14ClN3O2S. The molecule has 0 aliphatic heterocycles. The third kappa shape index (κ3) is 3.25. The Labute approximate surface area is 148 Å². The minimum Gasteiger partial charge on any atom is -0.497 e. The molecule has 1 N–H and O–H groups in total. The van der Waals surface area contributed by atoms with E-state index < -0.39 is 0 Å². The van der Waals surface area contributed by atoms with Crippen LogP contribution in [0.15, 0.2) is 42.5 Å². The van der Waals surface area contributed by atoms with Crippen LogP contribution in [0.2, 0.25) is 5.02 Å². The van der Waals surface area contributed by atoms with Crippen molar-refractivity contribution in [3.8, 4) is 17.0 Å². The van der Waals surface area contributed by atoms with E-state index in [-0.39, 0.29) is 5.91 Å². The van der Waals surface area contributed by atoms with Crippen molar-refractivity contribution in [2.75, 3.05) is 12.4 Å². The van der Waals surface area contributed by atoms with Crippen LogP contribution < -0.4 is 10.1 Å². The molecule has 0 spiro atoms. The smallest absolute Gasteiger partial charge is 0.269 e. The fourth-order valence-corrected chi connectivity index (χ4v) is 2.98. The zero-order chi connectivity index (χ0) is 17.1. The van der Waals surface area contributed by atoms with Crippen LogP contribution in [-0.2, 0) is 0 Å². The standard InChI is InChI=1S/C17H14ClN3O2S/c1-10-13(18)7-4-8-14(10)19-17(22)16-15(20-21-24-16)11-5-3-6-12(9-11)23-2/h3-9H,1-2H3,(H,19,22). The van der Waals surface area contributed by atoms with Gasteiger partial charge in [0.15, 0.2) is 0 Å². The van der Waals surface area contributed by atoms with Gasteiger partial charge in [0.05, 0.1) is 7.11 Å². The number of anilines is 1. The van der Waals surface area contributed by atoms with Crippen LogP contribution in [0.25, 0.3) is 11.3 Å². The first-order valence-corrected chi connectivity index (χ1v) is 8.28. The molecule has 24 heavy (non-hydrogen) atoms. The van der Waals surface area contributed by atoms with Gasteiger partial charge in [-0.05, 0) is 48.3 Å². The maximum atomic E-state index is 12.6. The van der Waals surface area contributed by atoms with Crippen LogP contribution in [0.1, 0.15) is 15.2 Å². The van der Waals surface area contributed by atoms with Crippen molar-refractivity contribution in [2.45, 2.75) is 6.92 Å². The first kappa shape index (κ1) is 16.4. The number of benzene rings is 2. The summed E-state index contributed by atoms with van der Waals surface area (Å²) < 4.78 is 9.14. The molecule has 0 bridgehead atoms. The van der Waals surface area contributed by atoms with E-state index in [9.17, 15) is 4.79 Å². The Bertz CT molecular complexity index is 895. The summed E-state index contributed by atoms with van der Waals surface area (Å²) in [7, 11) is 1.59. The van der Waals surface area contributed by atoms with Crippen molar-refractivity contribution < 1.29 is 9.53 Å². The van der Waals surface area contributed by atoms with Crippen molar-refractivity contribution in [3.63, 3.8) is 0 Å². The number of nitrogens with one attached hydrogen (secondary N) is 1. The number of rotatable bonds is 4. The summed E-state index contributed by atoms with van der Waals surface area (Å²) in [5, 5.41) is 7.56. The van der Waals surface area contributed by atoms with Crippen molar-refractivity contribution in [3.05, 3.63) is 57.9 Å². The summed E-state index contributed by atoms with van der Waals surface area (Å²) in [5.41, 5.74) is 2.78. The van der Waals surface area contributed by atoms with Crippen LogP contribution in [0, 0.1) is 6.92 Å². The van der Waals surface area contributed by atoms with Gasteiger partial charge < -0.3 is 10.1 Å². The van der Waals surface area contributed by atoms with Gasteiger partial charge in [-0.1, -0.05) is 34.3 Å². The van der Waals surface area contributed by atoms with Gasteiger partial charge in [-0.3, -0.25) is 4.79 Å². The Balaban J connectivity index is 1.92. The summed E-state index contributed by atoms with van der Waals surface area (Å²) in [5.74, 6) is 0.422. The van der Waals surface area contributed by atoms with Crippen molar-refractivity contribution in [2.24, 2.45) is 0 Å². The minimum atomic E-state index is -0.270. The molecule has 0 fully saturated rings. The number of nitrogens with zero attached hydrogens (tertiary/aromatic N) is 2. The molecule has 5 nitrogen and oxygen atoms in total. The fraction of sp³-hybridized carbons (Fsp3) is 0.118. The number of hydrogen-bond acceptors (Lipinski definition) is 5. The van der Waals surface area contributed by atoms with E-state index in [1.54, 1.807) is 25.3 Å². The summed E-state index contributed by atoms with van der Waals surface area (Å²) >= 11 is 7.14. The number of carbonyl (C=O) groups excluding carboxylic acids is 1. The molecule has 1 aromatic heterocycles. The number of methoxy groups -OCH3 is 1. The largest absolute Gasteiger partial charge is 0.497 e. The maximum absolute atomic E-state index is 12.6. The van der Waals surface area contributed by atoms with E-state index in [4.69, 9.17) is 16.3 Å². The predicted molar refractivity (Wildman–Crippen MR) is 96.0 cm³/mol. The average molecular weight is 360 g/mol. The molecule has 2 aromatic carbocycles. The van der Waals surface area contributed by atoms with Gasteiger partial charge in [0.25, 0.3) is 5.91 Å². The van der Waals surface area contributed by atoms with Crippen LogP contribution in [0.4, 0.5) is 5.69 Å². The summed E-state index contributed by atoms with van der Waals surface area (Å²) in [4.78, 5) is 13.1. The van der Waals surface area contributed by atoms with Crippen molar-refractivity contribution in [1.29, 1.82) is 0 Å². The van der Waals surface area contributed by atoms with Crippen LogP contribution in [0.3, 0.4) is 0 Å². The topological polar surface area (TPSA) is 64.1 Å². The Hall–Kier alpha value is -2.44. The van der Waals surface area contributed by atoms with Gasteiger partial charge in [0.2, 0.25) is 0 Å². The fourth-order valence-electron chi connectivity index (χ4n) is 2.22. The van der Waals surface area contributed by atoms with Crippen molar-refractivity contribution >= 4 is 34.7 Å². The van der Waals surface area contributed by atoms with E-state index in [0.717, 1.165) is 22.7 Å². The van der Waals surface area contributed by atoms with Crippen LogP contribution in [-0.4, -0.2) is 22.6 Å². The molecule has 1 amide bonds. The highest BCUT2D eigenvalue weighted by Crippen LogP contribution is 2.29. The van der Waals surface area contributed by atoms with Gasteiger partial charge in [-0.2, -0.15) is 0 Å². The lowest BCUT2D eigenvalue weighted by molar-refractivity contribution is 0.103. The van der Waals surface area contributed by atoms with E-state index in [2.05, 4.69) is 14.9 Å². The number of carbonyl (C=O) groups is 1. The normalized spacial score (nSPS) is 10.5. The molecule has 3 aromatic rings. The maximum Gasteiger partial charge on any atom is 0.269 e. The number of amides is 1. The second-order valence-electron chi connectivity index (χ2n) is 5.05. The van der Waals surface area contributed by atoms with E-state index in [0.29, 0.717) is 27.0 Å². The first-order chi connectivity index (χ1) is 11.6. The lowest BCUT2D eigenvalue weighted by atomic mass is 10.1. The Morgan fingerprint density at radius 3 is 2.83 bits per heavy atom. The van der Waals surface area contributed by atoms with E-state index >= 15 is 0 Å². The average Bonchev–Trinajstić information content (AvgIpc) is 3.09. The molecule has 0 saturated heterocycles. The highest BCUT2D eigenvalue weighted by atomic mass is 35.5. The van der Waals surface area contributed by atoms with Crippen LogP contribution >= 0.6 is 23.1 Å². The second-order valence-corrected chi connectivity index (χ2v) is 6.21. The number of hydrogen-bond donors (Lipinski definition) is 1. The minimum absolute atomic E-state index is 0.270. The van der Waals surface area contributed by atoms with Gasteiger partial charge in [-0.25, -0.2) is 0 Å². The molecule has 0 radical (unpaired) electrons. The number of halogens is 1. The Kier molecular flexibility index (Phi) is 4.78. The number of ether oxygens (including phenoxy) is 1. The zero-order valence-electron chi connectivity index (χ0n) is 13.0. The van der Waals surface area contributed by atoms with Gasteiger partial charge in [0, 0.05) is 16.3 Å². The van der Waals surface area contributed by atoms with Gasteiger partial charge in [-0.15, -0.1) is 5.10 Å². The lowest BCUT2D eigenvalue weighted by Gasteiger charge is -2.09. The summed E-state index contributed by atoms with van der Waals surface area (Å²) in [6.45, 7) is 1.85. The number of aromatic nitrogens is 2. The van der Waals surface area contributed by atoms with Crippen LogP contribution in [0.5, 0.6) is 5.75 Å². The van der Waals surface area contributed by atoms with Crippen molar-refractivity contribution in [1.82, 2.24) is 9.59 Å². The van der Waals surface area contributed by atoms with E-state index in [1.165, 1.54) is 0 Å². The lowest BCUT2D eigenvalue weighted by Crippen LogP contribution is -2.12. The monoisotopic (exact) mass is 359 g/mol. The molecule has 7 heteroatoms. The van der Waals surface area contributed by atoms with E-state index in [1.807, 2.05) is 31.2 Å². The zero-order valence-corrected chi connectivity index (χ0v) is 14.6. The molecular weight excluding hydrogens is 346 g/mol. The molecule has 0 aliphatic rings. The summed E-state index contributed by atoms with van der Waals surface area (Å²) in [6.07, 6.45) is 0. The molecule has 3 rings (SSSR count). The molecule has 0 aliphatic carbocycles. The molecule has 122 valence electrons. The van der Waals surface area contributed by atoms with Gasteiger partial charge >= 0.3 is 0 Å². The molecule has 0 unspecified atom stereocenters. The Morgan fingerprint density at radius 1 is 1.25 bits per heavy atom. The Morgan fingerprint density at radius 2 is 2.04 bits per heavy atom.